The van der Waals surface area contributed by atoms with E-state index in [1.54, 1.807) is 37.3 Å². The molecular formula is C43H32Br2Cl2N4O6S4. The molecule has 8 rings (SSSR count). The summed E-state index contributed by atoms with van der Waals surface area (Å²) in [5, 5.41) is 14.1. The summed E-state index contributed by atoms with van der Waals surface area (Å²) in [6.45, 7) is 1.83. The van der Waals surface area contributed by atoms with Crippen molar-refractivity contribution < 1.29 is 28.7 Å². The van der Waals surface area contributed by atoms with Crippen LogP contribution in [0.5, 0.6) is 0 Å². The largest absolute Gasteiger partial charge is 0.513 e. The Labute approximate surface area is 394 Å². The second-order valence-electron chi connectivity index (χ2n) is 13.3. The zero-order valence-corrected chi connectivity index (χ0v) is 39.7. The average Bonchev–Trinajstić information content (AvgIpc) is 3.99. The molecule has 1 fully saturated rings. The molecule has 6 heterocycles. The van der Waals surface area contributed by atoms with Gasteiger partial charge in [-0.1, -0.05) is 71.4 Å². The molecule has 2 aromatic carbocycles. The predicted molar refractivity (Wildman–Crippen MR) is 248 cm³/mol. The number of ketones is 1. The smallest absolute Gasteiger partial charge is 0.434 e. The Morgan fingerprint density at radius 3 is 1.84 bits per heavy atom. The number of hydrogen-bond acceptors (Lipinski definition) is 12. The summed E-state index contributed by atoms with van der Waals surface area (Å²) in [5.41, 5.74) is 0.908. The van der Waals surface area contributed by atoms with E-state index in [0.717, 1.165) is 22.9 Å². The SMILES string of the molecule is CCOC(=O)OC1=C(Sc2ccccc2Cl)C(=O)NC(c2ccsc2)(c2cccc(Br)n2)C1.O=C1CC(c2ccsc2)(c2cccc(Br)n2)NC(=O)C1Sc1ccccc1Cl. The lowest BCUT2D eigenvalue weighted by Crippen LogP contribution is -2.58. The monoisotopic (exact) mass is 1060 g/mol. The van der Waals surface area contributed by atoms with Crippen molar-refractivity contribution in [3.8, 4) is 0 Å². The number of halogens is 4. The molecule has 4 aromatic heterocycles. The van der Waals surface area contributed by atoms with Crippen molar-refractivity contribution in [1.82, 2.24) is 20.6 Å². The van der Waals surface area contributed by atoms with Crippen molar-refractivity contribution in [3.05, 3.63) is 171 Å². The minimum Gasteiger partial charge on any atom is -0.434 e. The second-order valence-corrected chi connectivity index (χ2v) is 19.5. The molecule has 3 unspecified atom stereocenters. The van der Waals surface area contributed by atoms with E-state index in [9.17, 15) is 19.2 Å². The third-order valence-electron chi connectivity index (χ3n) is 9.45. The summed E-state index contributed by atoms with van der Waals surface area (Å²) in [7, 11) is 0. The van der Waals surface area contributed by atoms with Gasteiger partial charge in [0.2, 0.25) is 5.91 Å². The first kappa shape index (κ1) is 45.0. The fraction of sp³-hybridized carbons (Fsp3) is 0.163. The lowest BCUT2D eigenvalue weighted by Gasteiger charge is -2.39. The molecule has 10 nitrogen and oxygen atoms in total. The molecule has 2 amide bonds. The van der Waals surface area contributed by atoms with Crippen LogP contribution in [0.25, 0.3) is 0 Å². The van der Waals surface area contributed by atoms with Gasteiger partial charge in [0, 0.05) is 22.6 Å². The van der Waals surface area contributed by atoms with Crippen LogP contribution >= 0.6 is 101 Å². The van der Waals surface area contributed by atoms with Crippen molar-refractivity contribution >= 4 is 125 Å². The van der Waals surface area contributed by atoms with Gasteiger partial charge >= 0.3 is 6.16 Å². The predicted octanol–water partition coefficient (Wildman–Crippen LogP) is 11.6. The number of rotatable bonds is 10. The van der Waals surface area contributed by atoms with Crippen molar-refractivity contribution in [2.24, 2.45) is 0 Å². The van der Waals surface area contributed by atoms with Gasteiger partial charge in [0.05, 0.1) is 28.0 Å². The third-order valence-corrected chi connectivity index (χ3v) is 15.1. The van der Waals surface area contributed by atoms with E-state index in [0.29, 0.717) is 40.4 Å². The number of ether oxygens (including phenoxy) is 2. The molecule has 0 spiro atoms. The number of nitrogens with zero attached hydrogens (tertiary/aromatic N) is 2. The molecule has 2 aliphatic rings. The Morgan fingerprint density at radius 2 is 1.33 bits per heavy atom. The van der Waals surface area contributed by atoms with E-state index >= 15 is 0 Å². The highest BCUT2D eigenvalue weighted by molar-refractivity contribution is 9.10. The quantitative estimate of drug-likeness (QED) is 0.0775. The first-order valence-corrected chi connectivity index (χ1v) is 24.2. The Morgan fingerprint density at radius 1 is 0.770 bits per heavy atom. The van der Waals surface area contributed by atoms with Gasteiger partial charge in [0.25, 0.3) is 5.91 Å². The van der Waals surface area contributed by atoms with Crippen LogP contribution in [0, 0.1) is 0 Å². The highest BCUT2D eigenvalue weighted by atomic mass is 79.9. The van der Waals surface area contributed by atoms with Crippen LogP contribution in [0.15, 0.2) is 148 Å². The summed E-state index contributed by atoms with van der Waals surface area (Å²) in [6, 6.07) is 29.2. The Kier molecular flexibility index (Phi) is 14.8. The van der Waals surface area contributed by atoms with E-state index in [2.05, 4.69) is 52.5 Å². The van der Waals surface area contributed by atoms with E-state index in [1.807, 2.05) is 88.3 Å². The first-order valence-electron chi connectivity index (χ1n) is 18.3. The summed E-state index contributed by atoms with van der Waals surface area (Å²) >= 11 is 24.7. The van der Waals surface area contributed by atoms with Crippen molar-refractivity contribution in [1.29, 1.82) is 0 Å². The maximum atomic E-state index is 13.5. The summed E-state index contributed by atoms with van der Waals surface area (Å²) < 4.78 is 11.9. The molecular weight excluding hydrogens is 1030 g/mol. The summed E-state index contributed by atoms with van der Waals surface area (Å²) in [5.74, 6) is -0.704. The lowest BCUT2D eigenvalue weighted by atomic mass is 9.79. The van der Waals surface area contributed by atoms with Crippen LogP contribution < -0.4 is 10.6 Å². The normalized spacial score (nSPS) is 20.0. The standard InChI is InChI=1S/C23H18BrClN2O4S2.C20H14BrClN2O2S2/c1-2-30-22(29)31-16-12-23(14-10-11-32-13-14,18-8-5-9-19(24)26-18)27-21(28)20(16)33-17-7-4-3-6-15(17)25;21-17-7-3-6-16(23-17)20(12-8-9-27-11-12)10-14(25)18(19(26)24-20)28-15-5-2-1-4-13(15)22/h3-11,13H,2,12H2,1H3,(H,27,28);1-9,11,18H,10H2,(H,24,26). The zero-order chi connectivity index (χ0) is 43.1. The van der Waals surface area contributed by atoms with Gasteiger partial charge < -0.3 is 20.1 Å². The number of carbonyl (C=O) groups excluding carboxylic acids is 4. The molecule has 61 heavy (non-hydrogen) atoms. The van der Waals surface area contributed by atoms with Crippen molar-refractivity contribution in [3.63, 3.8) is 0 Å². The molecule has 1 saturated heterocycles. The maximum absolute atomic E-state index is 13.5. The van der Waals surface area contributed by atoms with Gasteiger partial charge in [0.1, 0.15) is 36.2 Å². The topological polar surface area (TPSA) is 137 Å². The molecule has 18 heteroatoms. The fourth-order valence-corrected chi connectivity index (χ4v) is 11.2. The van der Waals surface area contributed by atoms with Crippen LogP contribution in [-0.4, -0.2) is 45.6 Å². The second kappa shape index (κ2) is 20.0. The number of thioether (sulfide) groups is 2. The highest BCUT2D eigenvalue weighted by Crippen LogP contribution is 2.46. The van der Waals surface area contributed by atoms with Crippen LogP contribution in [0.2, 0.25) is 10.0 Å². The number of pyridine rings is 2. The number of carbonyl (C=O) groups is 4. The van der Waals surface area contributed by atoms with Gasteiger partial charge in [0.15, 0.2) is 5.78 Å². The molecule has 0 bridgehead atoms. The van der Waals surface area contributed by atoms with Gasteiger partial charge in [-0.15, -0.1) is 11.8 Å². The molecule has 0 saturated carbocycles. The fourth-order valence-electron chi connectivity index (χ4n) is 6.68. The number of hydrogen-bond donors (Lipinski definition) is 2. The number of aromatic nitrogens is 2. The van der Waals surface area contributed by atoms with E-state index < -0.39 is 28.4 Å². The van der Waals surface area contributed by atoms with Gasteiger partial charge in [-0.25, -0.2) is 14.8 Å². The highest BCUT2D eigenvalue weighted by Gasteiger charge is 2.49. The number of amides is 2. The minimum absolute atomic E-state index is 0.126. The average molecular weight is 1060 g/mol. The van der Waals surface area contributed by atoms with Crippen LogP contribution in [-0.2, 0) is 34.9 Å². The Bertz CT molecular complexity index is 2600. The van der Waals surface area contributed by atoms with Crippen LogP contribution in [0.1, 0.15) is 42.3 Å². The van der Waals surface area contributed by atoms with Gasteiger partial charge in [-0.2, -0.15) is 22.7 Å². The van der Waals surface area contributed by atoms with Crippen LogP contribution in [0.4, 0.5) is 4.79 Å². The van der Waals surface area contributed by atoms with Crippen molar-refractivity contribution in [2.75, 3.05) is 6.61 Å². The maximum Gasteiger partial charge on any atom is 0.513 e. The Balaban J connectivity index is 0.000000186. The van der Waals surface area contributed by atoms with Gasteiger partial charge in [-0.05, 0) is 132 Å². The lowest BCUT2D eigenvalue weighted by molar-refractivity contribution is -0.133. The van der Waals surface area contributed by atoms with Crippen molar-refractivity contribution in [2.45, 2.75) is 45.9 Å². The van der Waals surface area contributed by atoms with E-state index in [4.69, 9.17) is 32.7 Å². The number of piperidine rings is 1. The number of Topliss-reactive ketones (excluding diaryl/α,β-unsaturated/α-hetero) is 1. The first-order chi connectivity index (χ1) is 29.4. The molecule has 312 valence electrons. The zero-order valence-electron chi connectivity index (χ0n) is 31.7. The molecule has 2 N–H and O–H groups in total. The number of thiophene rings is 2. The van der Waals surface area contributed by atoms with Gasteiger partial charge in [-0.3, -0.25) is 14.4 Å². The molecule has 6 aromatic rings. The van der Waals surface area contributed by atoms with E-state index in [-0.39, 0.29) is 41.8 Å². The molecule has 2 aliphatic heterocycles. The van der Waals surface area contributed by atoms with E-state index in [1.165, 1.54) is 34.4 Å². The Hall–Kier alpha value is -4.00. The molecule has 0 radical (unpaired) electrons. The number of nitrogens with one attached hydrogen (secondary N) is 2. The minimum atomic E-state index is -1.03. The number of benzene rings is 2. The van der Waals surface area contributed by atoms with Crippen LogP contribution in [0.3, 0.4) is 0 Å². The summed E-state index contributed by atoms with van der Waals surface area (Å²) in [4.78, 5) is 62.8. The third kappa shape index (κ3) is 10.1. The molecule has 0 aliphatic carbocycles. The molecule has 3 atom stereocenters. The summed E-state index contributed by atoms with van der Waals surface area (Å²) in [6.07, 6.45) is -0.591.